The van der Waals surface area contributed by atoms with Gasteiger partial charge < -0.3 is 4.74 Å². The third kappa shape index (κ3) is 1.67. The molecule has 0 N–H and O–H groups in total. The maximum atomic E-state index is 10.9. The van der Waals surface area contributed by atoms with E-state index in [0.717, 1.165) is 11.8 Å². The van der Waals surface area contributed by atoms with Gasteiger partial charge in [-0.1, -0.05) is 6.42 Å². The second kappa shape index (κ2) is 3.25. The minimum atomic E-state index is -0.391. The minimum Gasteiger partial charge on any atom is -0.459 e. The highest BCUT2D eigenvalue weighted by atomic mass is 16.6. The van der Waals surface area contributed by atoms with Crippen molar-refractivity contribution < 1.29 is 9.53 Å². The maximum absolute atomic E-state index is 10.9. The van der Waals surface area contributed by atoms with Crippen molar-refractivity contribution in [2.24, 2.45) is 17.8 Å². The van der Waals surface area contributed by atoms with E-state index < -0.39 is 5.97 Å². The molecule has 0 spiro atoms. The number of fused-ring (bicyclic) bond motifs is 2. The summed E-state index contributed by atoms with van der Waals surface area (Å²) in [6.07, 6.45) is 5.30. The zero-order chi connectivity index (χ0) is 10.3. The molecule has 2 nitrogen and oxygen atoms in total. The van der Waals surface area contributed by atoms with Gasteiger partial charge in [0.15, 0.2) is 0 Å². The Bertz CT molecular complexity index is 245. The summed E-state index contributed by atoms with van der Waals surface area (Å²) in [5.41, 5.74) is -0.307. The second-order valence-electron chi connectivity index (χ2n) is 5.36. The zero-order valence-corrected chi connectivity index (χ0v) is 9.08. The lowest BCUT2D eigenvalue weighted by Gasteiger charge is -2.36. The molecular formula is C12H19O2. The molecule has 0 heterocycles. The summed E-state index contributed by atoms with van der Waals surface area (Å²) < 4.78 is 5.32. The van der Waals surface area contributed by atoms with Crippen LogP contribution in [0.15, 0.2) is 0 Å². The number of hydrogen-bond donors (Lipinski definition) is 0. The van der Waals surface area contributed by atoms with E-state index in [1.54, 1.807) is 0 Å². The molecule has 2 rings (SSSR count). The molecular weight excluding hydrogens is 176 g/mol. The first kappa shape index (κ1) is 10.0. The normalized spacial score (nSPS) is 36.1. The van der Waals surface area contributed by atoms with E-state index in [-0.39, 0.29) is 5.60 Å². The summed E-state index contributed by atoms with van der Waals surface area (Å²) in [6.45, 7) is 7.35. The summed E-state index contributed by atoms with van der Waals surface area (Å²) in [7, 11) is 0. The average molecular weight is 195 g/mol. The molecule has 0 saturated heterocycles. The molecule has 14 heavy (non-hydrogen) atoms. The molecule has 1 radical (unpaired) electrons. The number of carbonyl (C=O) groups is 1. The lowest BCUT2D eigenvalue weighted by atomic mass is 9.78. The van der Waals surface area contributed by atoms with Crippen LogP contribution in [0.5, 0.6) is 0 Å². The van der Waals surface area contributed by atoms with Gasteiger partial charge in [-0.15, -0.1) is 0 Å². The monoisotopic (exact) mass is 195 g/mol. The van der Waals surface area contributed by atoms with Crippen LogP contribution < -0.4 is 0 Å². The van der Waals surface area contributed by atoms with Gasteiger partial charge in [-0.3, -0.25) is 4.79 Å². The number of ether oxygens (including phenoxy) is 1. The molecule has 0 aromatic carbocycles. The van der Waals surface area contributed by atoms with Crippen molar-refractivity contribution in [2.75, 3.05) is 0 Å². The summed E-state index contributed by atoms with van der Waals surface area (Å²) >= 11 is 0. The smallest absolute Gasteiger partial charge is 0.306 e. The van der Waals surface area contributed by atoms with Crippen LogP contribution in [0.25, 0.3) is 0 Å². The third-order valence-corrected chi connectivity index (χ3v) is 4.01. The molecule has 2 fully saturated rings. The fraction of sp³-hybridized carbons (Fsp3) is 0.833. The highest BCUT2D eigenvalue weighted by Crippen LogP contribution is 2.52. The Labute approximate surface area is 86.0 Å². The molecule has 3 unspecified atom stereocenters. The van der Waals surface area contributed by atoms with Crippen LogP contribution in [0.3, 0.4) is 0 Å². The number of esters is 1. The number of hydrogen-bond acceptors (Lipinski definition) is 2. The van der Waals surface area contributed by atoms with Crippen LogP contribution in [0.1, 0.15) is 39.5 Å². The Hall–Kier alpha value is -0.530. The fourth-order valence-corrected chi connectivity index (χ4v) is 3.47. The number of carbonyl (C=O) groups excluding carboxylic acids is 1. The molecule has 0 aromatic rings. The predicted molar refractivity (Wildman–Crippen MR) is 54.5 cm³/mol. The van der Waals surface area contributed by atoms with E-state index >= 15 is 0 Å². The quantitative estimate of drug-likeness (QED) is 0.633. The standard InChI is InChI=1S/C12H19O2/c1-8(13)14-12(2,3)11-7-9-4-5-10(11)6-9/h9-11H,1,4-7H2,2-3H3. The lowest BCUT2D eigenvalue weighted by molar-refractivity contribution is -0.157. The summed E-state index contributed by atoms with van der Waals surface area (Å²) in [5, 5.41) is 0. The Balaban J connectivity index is 2.03. The van der Waals surface area contributed by atoms with Gasteiger partial charge in [0, 0.05) is 5.92 Å². The Morgan fingerprint density at radius 2 is 2.07 bits per heavy atom. The van der Waals surface area contributed by atoms with E-state index in [0.29, 0.717) is 5.92 Å². The van der Waals surface area contributed by atoms with Crippen LogP contribution in [-0.4, -0.2) is 11.6 Å². The molecule has 2 saturated carbocycles. The molecule has 2 heteroatoms. The highest BCUT2D eigenvalue weighted by Gasteiger charge is 2.47. The van der Waals surface area contributed by atoms with Gasteiger partial charge in [0.25, 0.3) is 0 Å². The van der Waals surface area contributed by atoms with Crippen LogP contribution in [0.4, 0.5) is 0 Å². The summed E-state index contributed by atoms with van der Waals surface area (Å²) in [5.74, 6) is 1.85. The molecule has 0 aromatic heterocycles. The van der Waals surface area contributed by atoms with Crippen molar-refractivity contribution in [3.8, 4) is 0 Å². The van der Waals surface area contributed by atoms with Crippen molar-refractivity contribution in [3.05, 3.63) is 6.92 Å². The maximum Gasteiger partial charge on any atom is 0.306 e. The van der Waals surface area contributed by atoms with E-state index in [1.165, 1.54) is 25.7 Å². The molecule has 2 bridgehead atoms. The first-order chi connectivity index (χ1) is 6.49. The molecule has 3 atom stereocenters. The summed E-state index contributed by atoms with van der Waals surface area (Å²) in [4.78, 5) is 10.9. The van der Waals surface area contributed by atoms with Gasteiger partial charge in [-0.2, -0.15) is 0 Å². The largest absolute Gasteiger partial charge is 0.459 e. The molecule has 0 aliphatic heterocycles. The molecule has 79 valence electrons. The second-order valence-corrected chi connectivity index (χ2v) is 5.36. The van der Waals surface area contributed by atoms with Gasteiger partial charge in [0.05, 0.1) is 6.92 Å². The molecule has 0 amide bonds. The lowest BCUT2D eigenvalue weighted by Crippen LogP contribution is -2.39. The van der Waals surface area contributed by atoms with E-state index in [4.69, 9.17) is 4.74 Å². The fourth-order valence-electron chi connectivity index (χ4n) is 3.47. The Morgan fingerprint density at radius 1 is 1.36 bits per heavy atom. The van der Waals surface area contributed by atoms with Crippen molar-refractivity contribution in [1.82, 2.24) is 0 Å². The third-order valence-electron chi connectivity index (χ3n) is 4.01. The van der Waals surface area contributed by atoms with Crippen molar-refractivity contribution in [3.63, 3.8) is 0 Å². The topological polar surface area (TPSA) is 26.3 Å². The minimum absolute atomic E-state index is 0.307. The van der Waals surface area contributed by atoms with E-state index in [2.05, 4.69) is 6.92 Å². The highest BCUT2D eigenvalue weighted by molar-refractivity contribution is 5.74. The average Bonchev–Trinajstić information content (AvgIpc) is 2.60. The van der Waals surface area contributed by atoms with Crippen LogP contribution >= 0.6 is 0 Å². The van der Waals surface area contributed by atoms with E-state index in [1.807, 2.05) is 13.8 Å². The Kier molecular flexibility index (Phi) is 2.32. The zero-order valence-electron chi connectivity index (χ0n) is 9.08. The van der Waals surface area contributed by atoms with Crippen LogP contribution in [0.2, 0.25) is 0 Å². The van der Waals surface area contributed by atoms with Crippen molar-refractivity contribution in [1.29, 1.82) is 0 Å². The first-order valence-corrected chi connectivity index (χ1v) is 5.54. The SMILES string of the molecule is [CH2]C(=O)OC(C)(C)C1CC2CCC1C2. The van der Waals surface area contributed by atoms with Gasteiger partial charge in [-0.25, -0.2) is 0 Å². The molecule has 2 aliphatic carbocycles. The first-order valence-electron chi connectivity index (χ1n) is 5.54. The van der Waals surface area contributed by atoms with Crippen molar-refractivity contribution in [2.45, 2.75) is 45.1 Å². The Morgan fingerprint density at radius 3 is 2.50 bits per heavy atom. The van der Waals surface area contributed by atoms with Gasteiger partial charge >= 0.3 is 5.97 Å². The van der Waals surface area contributed by atoms with Crippen LogP contribution in [0, 0.1) is 24.7 Å². The van der Waals surface area contributed by atoms with Crippen molar-refractivity contribution >= 4 is 5.97 Å². The summed E-state index contributed by atoms with van der Waals surface area (Å²) in [6, 6.07) is 0. The van der Waals surface area contributed by atoms with Crippen LogP contribution in [-0.2, 0) is 9.53 Å². The molecule has 2 aliphatic rings. The van der Waals surface area contributed by atoms with Gasteiger partial charge in [0.1, 0.15) is 5.60 Å². The van der Waals surface area contributed by atoms with Gasteiger partial charge in [0.2, 0.25) is 0 Å². The van der Waals surface area contributed by atoms with E-state index in [9.17, 15) is 4.79 Å². The van der Waals surface area contributed by atoms with Gasteiger partial charge in [-0.05, 0) is 44.9 Å². The number of rotatable bonds is 2. The predicted octanol–water partition coefficient (Wildman–Crippen LogP) is 2.58.